The van der Waals surface area contributed by atoms with Gasteiger partial charge in [-0.1, -0.05) is 0 Å². The van der Waals surface area contributed by atoms with Crippen LogP contribution in [0.4, 0.5) is 0 Å². The third-order valence-corrected chi connectivity index (χ3v) is 7.00. The maximum Gasteiger partial charge on any atom is 0.267 e. The topological polar surface area (TPSA) is 94.3 Å². The van der Waals surface area contributed by atoms with Gasteiger partial charge in [0.1, 0.15) is 10.6 Å². The van der Waals surface area contributed by atoms with E-state index in [-0.39, 0.29) is 16.5 Å². The van der Waals surface area contributed by atoms with Crippen molar-refractivity contribution in [2.45, 2.75) is 23.8 Å². The van der Waals surface area contributed by atoms with Crippen molar-refractivity contribution >= 4 is 27.7 Å². The van der Waals surface area contributed by atoms with E-state index in [1.54, 1.807) is 11.8 Å². The highest BCUT2D eigenvalue weighted by Crippen LogP contribution is 2.20. The number of hydrogen-bond acceptors (Lipinski definition) is 5. The summed E-state index contributed by atoms with van der Waals surface area (Å²) in [6.07, 6.45) is 3.58. The van der Waals surface area contributed by atoms with Crippen LogP contribution in [0.2, 0.25) is 0 Å². The van der Waals surface area contributed by atoms with Crippen LogP contribution in [0.5, 0.6) is 0 Å². The van der Waals surface area contributed by atoms with E-state index >= 15 is 0 Å². The number of H-pyrrole nitrogens is 1. The van der Waals surface area contributed by atoms with E-state index in [1.807, 2.05) is 0 Å². The highest BCUT2D eigenvalue weighted by atomic mass is 32.2. The molecule has 1 amide bonds. The number of nitrogens with one attached hydrogen (secondary N) is 3. The lowest BCUT2D eigenvalue weighted by molar-refractivity contribution is 0.0946. The van der Waals surface area contributed by atoms with Gasteiger partial charge in [0.05, 0.1) is 0 Å². The van der Waals surface area contributed by atoms with Gasteiger partial charge in [-0.15, -0.1) is 0 Å². The third-order valence-electron chi connectivity index (χ3n) is 4.18. The summed E-state index contributed by atoms with van der Waals surface area (Å²) < 4.78 is 26.6. The maximum absolute atomic E-state index is 12.5. The minimum absolute atomic E-state index is 0.161. The average Bonchev–Trinajstić information content (AvgIpc) is 3.25. The highest BCUT2D eigenvalue weighted by molar-refractivity contribution is 7.99. The number of sulfonamides is 1. The van der Waals surface area contributed by atoms with Gasteiger partial charge in [-0.05, 0) is 25.5 Å². The van der Waals surface area contributed by atoms with Crippen molar-refractivity contribution in [1.29, 1.82) is 0 Å². The fourth-order valence-electron chi connectivity index (χ4n) is 2.83. The van der Waals surface area contributed by atoms with Crippen molar-refractivity contribution in [3.05, 3.63) is 18.0 Å². The Labute approximate surface area is 140 Å². The Kier molecular flexibility index (Phi) is 5.30. The third kappa shape index (κ3) is 3.90. The second-order valence-corrected chi connectivity index (χ2v) is 8.93. The van der Waals surface area contributed by atoms with Gasteiger partial charge in [0.15, 0.2) is 0 Å². The quantitative estimate of drug-likeness (QED) is 0.701. The van der Waals surface area contributed by atoms with Gasteiger partial charge < -0.3 is 15.6 Å². The van der Waals surface area contributed by atoms with Gasteiger partial charge in [-0.2, -0.15) is 16.1 Å². The second kappa shape index (κ2) is 7.25. The number of rotatable bonds is 5. The summed E-state index contributed by atoms with van der Waals surface area (Å²) in [4.78, 5) is 15.1. The van der Waals surface area contributed by atoms with Crippen molar-refractivity contribution in [2.75, 3.05) is 37.7 Å². The molecule has 0 radical (unpaired) electrons. The fourth-order valence-corrected chi connectivity index (χ4v) is 5.40. The number of carbonyl (C=O) groups excluding carboxylic acids is 1. The molecule has 3 rings (SSSR count). The molecule has 0 aliphatic carbocycles. The van der Waals surface area contributed by atoms with Gasteiger partial charge in [0, 0.05) is 43.4 Å². The Morgan fingerprint density at radius 3 is 2.87 bits per heavy atom. The van der Waals surface area contributed by atoms with E-state index in [9.17, 15) is 13.2 Å². The molecular weight excluding hydrogens is 336 g/mol. The summed E-state index contributed by atoms with van der Waals surface area (Å²) in [5, 5.41) is 6.15. The number of hydrogen-bond donors (Lipinski definition) is 3. The molecule has 2 aliphatic rings. The first kappa shape index (κ1) is 16.8. The van der Waals surface area contributed by atoms with Crippen LogP contribution in [-0.4, -0.2) is 67.3 Å². The molecule has 1 atom stereocenters. The van der Waals surface area contributed by atoms with Gasteiger partial charge in [-0.25, -0.2) is 8.42 Å². The summed E-state index contributed by atoms with van der Waals surface area (Å²) >= 11 is 1.75. The van der Waals surface area contributed by atoms with E-state index in [1.165, 1.54) is 16.6 Å². The first-order valence-electron chi connectivity index (χ1n) is 7.85. The number of amides is 1. The van der Waals surface area contributed by atoms with Gasteiger partial charge in [-0.3, -0.25) is 4.79 Å². The molecule has 3 heterocycles. The zero-order valence-corrected chi connectivity index (χ0v) is 14.5. The zero-order chi connectivity index (χ0) is 16.3. The lowest BCUT2D eigenvalue weighted by atomic mass is 10.2. The van der Waals surface area contributed by atoms with E-state index in [0.717, 1.165) is 30.9 Å². The van der Waals surface area contributed by atoms with E-state index in [4.69, 9.17) is 0 Å². The molecule has 2 aliphatic heterocycles. The Morgan fingerprint density at radius 1 is 1.39 bits per heavy atom. The molecule has 0 aromatic carbocycles. The first-order chi connectivity index (χ1) is 11.1. The zero-order valence-electron chi connectivity index (χ0n) is 12.9. The van der Waals surface area contributed by atoms with E-state index < -0.39 is 10.0 Å². The second-order valence-electron chi connectivity index (χ2n) is 5.77. The number of aromatic amines is 1. The van der Waals surface area contributed by atoms with Crippen LogP contribution in [0.15, 0.2) is 17.2 Å². The Bertz CT molecular complexity index is 647. The van der Waals surface area contributed by atoms with E-state index in [2.05, 4.69) is 15.6 Å². The number of carbonyl (C=O) groups is 1. The molecule has 2 saturated heterocycles. The van der Waals surface area contributed by atoms with Crippen LogP contribution in [0.1, 0.15) is 23.3 Å². The summed E-state index contributed by atoms with van der Waals surface area (Å²) in [5.74, 6) is 1.35. The predicted molar refractivity (Wildman–Crippen MR) is 90.2 cm³/mol. The lowest BCUT2D eigenvalue weighted by Crippen LogP contribution is -2.38. The van der Waals surface area contributed by atoms with Gasteiger partial charge in [0.2, 0.25) is 10.0 Å². The van der Waals surface area contributed by atoms with Crippen LogP contribution >= 0.6 is 11.8 Å². The highest BCUT2D eigenvalue weighted by Gasteiger charge is 2.27. The summed E-state index contributed by atoms with van der Waals surface area (Å²) in [7, 11) is -3.51. The van der Waals surface area contributed by atoms with Crippen LogP contribution in [0, 0.1) is 0 Å². The van der Waals surface area contributed by atoms with Gasteiger partial charge in [0.25, 0.3) is 5.91 Å². The Hall–Kier alpha value is -1.03. The molecule has 1 unspecified atom stereocenters. The molecule has 23 heavy (non-hydrogen) atoms. The van der Waals surface area contributed by atoms with Crippen LogP contribution in [0.3, 0.4) is 0 Å². The molecule has 0 bridgehead atoms. The summed E-state index contributed by atoms with van der Waals surface area (Å²) in [5.41, 5.74) is 0.285. The fraction of sp³-hybridized carbons (Fsp3) is 0.643. The summed E-state index contributed by atoms with van der Waals surface area (Å²) in [6.45, 7) is 2.59. The lowest BCUT2D eigenvalue weighted by Gasteiger charge is -2.24. The largest absolute Gasteiger partial charge is 0.356 e. The Balaban J connectivity index is 1.63. The smallest absolute Gasteiger partial charge is 0.267 e. The van der Waals surface area contributed by atoms with Crippen LogP contribution in [-0.2, 0) is 10.0 Å². The number of aromatic nitrogens is 1. The average molecular weight is 358 g/mol. The van der Waals surface area contributed by atoms with Crippen molar-refractivity contribution in [3.8, 4) is 0 Å². The van der Waals surface area contributed by atoms with Crippen molar-refractivity contribution in [3.63, 3.8) is 0 Å². The van der Waals surface area contributed by atoms with Crippen LogP contribution in [0.25, 0.3) is 0 Å². The molecule has 0 spiro atoms. The molecular formula is C14H22N4O3S2. The Morgan fingerprint density at radius 2 is 2.17 bits per heavy atom. The SMILES string of the molecule is O=C(NCC1CCCN1)c1cc(S(=O)(=O)N2CCSCC2)c[nH]1. The van der Waals surface area contributed by atoms with Crippen molar-refractivity contribution in [1.82, 2.24) is 19.9 Å². The first-order valence-corrected chi connectivity index (χ1v) is 10.4. The predicted octanol–water partition coefficient (Wildman–Crippen LogP) is 0.234. The maximum atomic E-state index is 12.5. The minimum atomic E-state index is -3.51. The molecule has 7 nitrogen and oxygen atoms in total. The summed E-state index contributed by atoms with van der Waals surface area (Å²) in [6, 6.07) is 1.73. The standard InChI is InChI=1S/C14H22N4O3S2/c19-14(17-9-11-2-1-3-15-11)13-8-12(10-16-13)23(20,21)18-4-6-22-7-5-18/h8,10-11,15-16H,1-7,9H2,(H,17,19). The van der Waals surface area contributed by atoms with Crippen molar-refractivity contribution < 1.29 is 13.2 Å². The molecule has 9 heteroatoms. The van der Waals surface area contributed by atoms with E-state index in [0.29, 0.717) is 25.7 Å². The van der Waals surface area contributed by atoms with Crippen LogP contribution < -0.4 is 10.6 Å². The molecule has 1 aromatic rings. The molecule has 0 saturated carbocycles. The van der Waals surface area contributed by atoms with Crippen molar-refractivity contribution in [2.24, 2.45) is 0 Å². The molecule has 128 valence electrons. The normalized spacial score (nSPS) is 23.0. The monoisotopic (exact) mass is 358 g/mol. The molecule has 2 fully saturated rings. The number of nitrogens with zero attached hydrogens (tertiary/aromatic N) is 1. The molecule has 3 N–H and O–H groups in total. The minimum Gasteiger partial charge on any atom is -0.356 e. The van der Waals surface area contributed by atoms with Gasteiger partial charge >= 0.3 is 0 Å². The molecule has 1 aromatic heterocycles. The number of thioether (sulfide) groups is 1.